The third-order valence-electron chi connectivity index (χ3n) is 2.33. The third kappa shape index (κ3) is 1.95. The van der Waals surface area contributed by atoms with Crippen LogP contribution in [0.4, 0.5) is 0 Å². The minimum Gasteiger partial charge on any atom is -0.370 e. The van der Waals surface area contributed by atoms with E-state index in [1.54, 1.807) is 14.0 Å². The number of methoxy groups -OCH3 is 1. The molecule has 0 bridgehead atoms. The Morgan fingerprint density at radius 3 is 1.92 bits per heavy atom. The van der Waals surface area contributed by atoms with Gasteiger partial charge < -0.3 is 4.74 Å². The highest BCUT2D eigenvalue weighted by Gasteiger charge is 2.34. The predicted octanol–water partition coefficient (Wildman–Crippen LogP) is 2.34. The Morgan fingerprint density at radius 2 is 1.83 bits per heavy atom. The number of rotatable bonds is 5. The molecule has 0 aliphatic heterocycles. The zero-order valence-electron chi connectivity index (χ0n) is 8.44. The lowest BCUT2D eigenvalue weighted by atomic mass is 9.88. The Kier molecular flexibility index (Phi) is 4.18. The van der Waals surface area contributed by atoms with Crippen LogP contribution in [-0.4, -0.2) is 18.5 Å². The summed E-state index contributed by atoms with van der Waals surface area (Å²) < 4.78 is 5.25. The maximum Gasteiger partial charge on any atom is 0.189 e. The lowest BCUT2D eigenvalue weighted by Gasteiger charge is -2.28. The molecule has 0 saturated heterocycles. The van der Waals surface area contributed by atoms with E-state index in [1.165, 1.54) is 0 Å². The van der Waals surface area contributed by atoms with Gasteiger partial charge >= 0.3 is 0 Å². The van der Waals surface area contributed by atoms with Crippen LogP contribution < -0.4 is 0 Å². The number of carbonyl (C=O) groups is 1. The summed E-state index contributed by atoms with van der Waals surface area (Å²) in [5.74, 6) is 0.0231. The molecule has 0 aromatic carbocycles. The maximum atomic E-state index is 11.6. The molecule has 0 N–H and O–H groups in total. The SMILES string of the molecule is C=C(C)C(=O)C(CC)(CC)OC. The van der Waals surface area contributed by atoms with E-state index in [4.69, 9.17) is 4.74 Å². The van der Waals surface area contributed by atoms with Crippen LogP contribution in [0.5, 0.6) is 0 Å². The molecule has 0 atom stereocenters. The van der Waals surface area contributed by atoms with Gasteiger partial charge in [-0.2, -0.15) is 0 Å². The molecule has 0 heterocycles. The van der Waals surface area contributed by atoms with Crippen molar-refractivity contribution >= 4 is 5.78 Å². The molecule has 0 aromatic rings. The van der Waals surface area contributed by atoms with Gasteiger partial charge in [-0.05, 0) is 25.3 Å². The molecule has 0 aromatic heterocycles. The molecule has 0 fully saturated rings. The van der Waals surface area contributed by atoms with E-state index in [0.717, 1.165) is 0 Å². The van der Waals surface area contributed by atoms with E-state index < -0.39 is 5.60 Å². The van der Waals surface area contributed by atoms with Crippen molar-refractivity contribution in [3.05, 3.63) is 12.2 Å². The Labute approximate surface area is 74.6 Å². The minimum absolute atomic E-state index is 0.0231. The van der Waals surface area contributed by atoms with Crippen LogP contribution in [0.2, 0.25) is 0 Å². The summed E-state index contributed by atoms with van der Waals surface area (Å²) in [6.45, 7) is 9.26. The van der Waals surface area contributed by atoms with Gasteiger partial charge in [-0.25, -0.2) is 0 Å². The van der Waals surface area contributed by atoms with Gasteiger partial charge in [0.05, 0.1) is 0 Å². The molecule has 0 radical (unpaired) electrons. The van der Waals surface area contributed by atoms with Crippen LogP contribution in [0, 0.1) is 0 Å². The van der Waals surface area contributed by atoms with Gasteiger partial charge in [0.25, 0.3) is 0 Å². The molecule has 70 valence electrons. The maximum absolute atomic E-state index is 11.6. The lowest BCUT2D eigenvalue weighted by molar-refractivity contribution is -0.137. The van der Waals surface area contributed by atoms with E-state index in [-0.39, 0.29) is 5.78 Å². The van der Waals surface area contributed by atoms with Crippen molar-refractivity contribution < 1.29 is 9.53 Å². The highest BCUT2D eigenvalue weighted by Crippen LogP contribution is 2.23. The fourth-order valence-corrected chi connectivity index (χ4v) is 1.34. The third-order valence-corrected chi connectivity index (χ3v) is 2.33. The molecular formula is C10H18O2. The fourth-order valence-electron chi connectivity index (χ4n) is 1.34. The summed E-state index contributed by atoms with van der Waals surface area (Å²) in [4.78, 5) is 11.6. The van der Waals surface area contributed by atoms with Crippen LogP contribution in [0.3, 0.4) is 0 Å². The average molecular weight is 170 g/mol. The molecule has 0 aliphatic rings. The van der Waals surface area contributed by atoms with Gasteiger partial charge in [-0.3, -0.25) is 4.79 Å². The van der Waals surface area contributed by atoms with Crippen LogP contribution in [-0.2, 0) is 9.53 Å². The summed E-state index contributed by atoms with van der Waals surface area (Å²) >= 11 is 0. The van der Waals surface area contributed by atoms with Crippen molar-refractivity contribution in [2.45, 2.75) is 39.2 Å². The zero-order chi connectivity index (χ0) is 9.78. The molecule has 12 heavy (non-hydrogen) atoms. The van der Waals surface area contributed by atoms with E-state index in [9.17, 15) is 4.79 Å². The summed E-state index contributed by atoms with van der Waals surface area (Å²) in [6, 6.07) is 0. The van der Waals surface area contributed by atoms with Crippen LogP contribution in [0.25, 0.3) is 0 Å². The fraction of sp³-hybridized carbons (Fsp3) is 0.700. The van der Waals surface area contributed by atoms with Gasteiger partial charge in [-0.15, -0.1) is 0 Å². The van der Waals surface area contributed by atoms with Crippen LogP contribution in [0.1, 0.15) is 33.6 Å². The van der Waals surface area contributed by atoms with Crippen LogP contribution in [0.15, 0.2) is 12.2 Å². The lowest BCUT2D eigenvalue weighted by Crippen LogP contribution is -2.39. The van der Waals surface area contributed by atoms with Crippen molar-refractivity contribution in [1.29, 1.82) is 0 Å². The van der Waals surface area contributed by atoms with Gasteiger partial charge in [0, 0.05) is 7.11 Å². The van der Waals surface area contributed by atoms with Crippen molar-refractivity contribution in [3.8, 4) is 0 Å². The van der Waals surface area contributed by atoms with Gasteiger partial charge in [0.15, 0.2) is 5.78 Å². The van der Waals surface area contributed by atoms with E-state index in [1.807, 2.05) is 13.8 Å². The normalized spacial score (nSPS) is 11.3. The van der Waals surface area contributed by atoms with Crippen molar-refractivity contribution in [3.63, 3.8) is 0 Å². The summed E-state index contributed by atoms with van der Waals surface area (Å²) in [5, 5.41) is 0. The average Bonchev–Trinajstić information content (AvgIpc) is 2.08. The summed E-state index contributed by atoms with van der Waals surface area (Å²) in [5.41, 5.74) is -0.0631. The highest BCUT2D eigenvalue weighted by molar-refractivity contribution is 6.00. The van der Waals surface area contributed by atoms with Crippen LogP contribution >= 0.6 is 0 Å². The molecule has 0 spiro atoms. The van der Waals surface area contributed by atoms with Gasteiger partial charge in [0.2, 0.25) is 0 Å². The number of hydrogen-bond donors (Lipinski definition) is 0. The molecule has 0 unspecified atom stereocenters. The minimum atomic E-state index is -0.633. The zero-order valence-corrected chi connectivity index (χ0v) is 8.44. The predicted molar refractivity (Wildman–Crippen MR) is 50.1 cm³/mol. The molecule has 2 nitrogen and oxygen atoms in total. The molecular weight excluding hydrogens is 152 g/mol. The summed E-state index contributed by atoms with van der Waals surface area (Å²) in [6.07, 6.45) is 1.40. The first-order chi connectivity index (χ1) is 5.54. The first-order valence-electron chi connectivity index (χ1n) is 4.29. The Balaban J connectivity index is 4.71. The molecule has 0 aliphatic carbocycles. The van der Waals surface area contributed by atoms with Gasteiger partial charge in [-0.1, -0.05) is 20.4 Å². The van der Waals surface area contributed by atoms with E-state index in [2.05, 4.69) is 6.58 Å². The second-order valence-corrected chi connectivity index (χ2v) is 3.01. The number of ether oxygens (including phenoxy) is 1. The van der Waals surface area contributed by atoms with Gasteiger partial charge in [0.1, 0.15) is 5.60 Å². The second-order valence-electron chi connectivity index (χ2n) is 3.01. The Bertz CT molecular complexity index is 170. The quantitative estimate of drug-likeness (QED) is 0.592. The highest BCUT2D eigenvalue weighted by atomic mass is 16.5. The Hall–Kier alpha value is -0.630. The first kappa shape index (κ1) is 11.4. The number of hydrogen-bond acceptors (Lipinski definition) is 2. The Morgan fingerprint density at radius 1 is 1.42 bits per heavy atom. The largest absolute Gasteiger partial charge is 0.370 e. The van der Waals surface area contributed by atoms with Crippen molar-refractivity contribution in [2.24, 2.45) is 0 Å². The smallest absolute Gasteiger partial charge is 0.189 e. The summed E-state index contributed by atoms with van der Waals surface area (Å²) in [7, 11) is 1.58. The molecule has 0 amide bonds. The molecule has 2 heteroatoms. The molecule has 0 saturated carbocycles. The second kappa shape index (κ2) is 4.41. The van der Waals surface area contributed by atoms with E-state index >= 15 is 0 Å². The monoisotopic (exact) mass is 170 g/mol. The number of carbonyl (C=O) groups excluding carboxylic acids is 1. The van der Waals surface area contributed by atoms with Crippen molar-refractivity contribution in [1.82, 2.24) is 0 Å². The van der Waals surface area contributed by atoms with E-state index in [0.29, 0.717) is 18.4 Å². The number of Topliss-reactive ketones (excluding diaryl/α,β-unsaturated/α-hetero) is 1. The first-order valence-corrected chi connectivity index (χ1v) is 4.29. The standard InChI is InChI=1S/C10H18O2/c1-6-10(7-2,12-5)9(11)8(3)4/h3,6-7H2,1-2,4-5H3. The molecule has 0 rings (SSSR count). The number of ketones is 1. The van der Waals surface area contributed by atoms with Crippen molar-refractivity contribution in [2.75, 3.05) is 7.11 Å². The topological polar surface area (TPSA) is 26.3 Å².